The summed E-state index contributed by atoms with van der Waals surface area (Å²) in [6, 6.07) is 10.3. The van der Waals surface area contributed by atoms with Gasteiger partial charge in [-0.25, -0.2) is 8.42 Å². The van der Waals surface area contributed by atoms with Crippen molar-refractivity contribution in [3.05, 3.63) is 47.5 Å². The van der Waals surface area contributed by atoms with E-state index in [-0.39, 0.29) is 11.7 Å². The smallest absolute Gasteiger partial charge is 0.255 e. The van der Waals surface area contributed by atoms with Crippen molar-refractivity contribution in [3.8, 4) is 11.5 Å². The number of ether oxygens (including phenoxy) is 2. The van der Waals surface area contributed by atoms with Gasteiger partial charge in [-0.05, 0) is 55.2 Å². The van der Waals surface area contributed by atoms with E-state index < -0.39 is 10.0 Å². The van der Waals surface area contributed by atoms with Gasteiger partial charge in [0.05, 0.1) is 25.7 Å². The first-order valence-corrected chi connectivity index (χ1v) is 11.2. The lowest BCUT2D eigenvalue weighted by Crippen LogP contribution is -2.37. The number of amides is 1. The van der Waals surface area contributed by atoms with E-state index in [9.17, 15) is 13.2 Å². The summed E-state index contributed by atoms with van der Waals surface area (Å²) in [6.07, 6.45) is 2.09. The summed E-state index contributed by atoms with van der Waals surface area (Å²) in [5.41, 5.74) is 2.64. The quantitative estimate of drug-likeness (QED) is 0.744. The molecular formula is C21H26N2O5S. The third kappa shape index (κ3) is 4.64. The highest BCUT2D eigenvalue weighted by atomic mass is 32.2. The molecule has 0 aliphatic carbocycles. The van der Waals surface area contributed by atoms with Crippen LogP contribution in [0, 0.1) is 0 Å². The van der Waals surface area contributed by atoms with E-state index in [0.717, 1.165) is 18.4 Å². The highest BCUT2D eigenvalue weighted by Gasteiger charge is 2.27. The average molecular weight is 419 g/mol. The minimum Gasteiger partial charge on any atom is -0.497 e. The van der Waals surface area contributed by atoms with Gasteiger partial charge in [0.15, 0.2) is 0 Å². The molecule has 1 aliphatic heterocycles. The second-order valence-corrected chi connectivity index (χ2v) is 8.90. The molecule has 1 N–H and O–H groups in total. The molecule has 3 rings (SSSR count). The summed E-state index contributed by atoms with van der Waals surface area (Å²) < 4.78 is 37.0. The molecule has 156 valence electrons. The zero-order chi connectivity index (χ0) is 21.0. The van der Waals surface area contributed by atoms with Crippen LogP contribution in [-0.2, 0) is 16.4 Å². The van der Waals surface area contributed by atoms with Crippen LogP contribution < -0.4 is 19.1 Å². The van der Waals surface area contributed by atoms with E-state index in [1.165, 1.54) is 18.5 Å². The number of anilines is 2. The standard InChI is InChI=1S/C21H26N2O5S/c1-4-10-29(25,26)23-9-5-6-15-11-17(7-8-20(15)23)22-21(24)16-12-18(27-2)14-19(13-16)28-3/h7-8,11-14H,4-6,9-10H2,1-3H3,(H,22,24). The Balaban J connectivity index is 1.84. The first-order chi connectivity index (χ1) is 13.9. The van der Waals surface area contributed by atoms with Crippen molar-refractivity contribution in [1.82, 2.24) is 0 Å². The van der Waals surface area contributed by atoms with Crippen LogP contribution in [0.5, 0.6) is 11.5 Å². The molecule has 2 aromatic rings. The van der Waals surface area contributed by atoms with Gasteiger partial charge in [-0.3, -0.25) is 9.10 Å². The third-order valence-electron chi connectivity index (χ3n) is 4.82. The molecule has 0 radical (unpaired) electrons. The fourth-order valence-electron chi connectivity index (χ4n) is 3.44. The second kappa shape index (κ2) is 8.73. The van der Waals surface area contributed by atoms with Crippen molar-refractivity contribution >= 4 is 27.3 Å². The maximum Gasteiger partial charge on any atom is 0.255 e. The van der Waals surface area contributed by atoms with Gasteiger partial charge < -0.3 is 14.8 Å². The van der Waals surface area contributed by atoms with Crippen LogP contribution in [0.3, 0.4) is 0 Å². The molecule has 1 heterocycles. The molecule has 0 saturated heterocycles. The number of methoxy groups -OCH3 is 2. The first-order valence-electron chi connectivity index (χ1n) is 9.55. The summed E-state index contributed by atoms with van der Waals surface area (Å²) in [7, 11) is -0.271. The number of rotatable bonds is 7. The number of fused-ring (bicyclic) bond motifs is 1. The summed E-state index contributed by atoms with van der Waals surface area (Å²) in [5, 5.41) is 2.87. The third-order valence-corrected chi connectivity index (χ3v) is 6.80. The number of aryl methyl sites for hydroxylation is 1. The van der Waals surface area contributed by atoms with Crippen molar-refractivity contribution < 1.29 is 22.7 Å². The largest absolute Gasteiger partial charge is 0.497 e. The lowest BCUT2D eigenvalue weighted by molar-refractivity contribution is 0.102. The molecule has 0 aromatic heterocycles. The Morgan fingerprint density at radius 2 is 1.79 bits per heavy atom. The molecule has 7 nitrogen and oxygen atoms in total. The molecule has 0 atom stereocenters. The molecule has 8 heteroatoms. The van der Waals surface area contributed by atoms with E-state index in [4.69, 9.17) is 9.47 Å². The van der Waals surface area contributed by atoms with Crippen molar-refractivity contribution in [2.45, 2.75) is 26.2 Å². The lowest BCUT2D eigenvalue weighted by atomic mass is 10.0. The minimum absolute atomic E-state index is 0.128. The van der Waals surface area contributed by atoms with E-state index in [2.05, 4.69) is 5.32 Å². The number of benzene rings is 2. The number of hydrogen-bond acceptors (Lipinski definition) is 5. The second-order valence-electron chi connectivity index (χ2n) is 6.89. The van der Waals surface area contributed by atoms with Gasteiger partial charge in [-0.2, -0.15) is 0 Å². The molecule has 29 heavy (non-hydrogen) atoms. The Hall–Kier alpha value is -2.74. The fraction of sp³-hybridized carbons (Fsp3) is 0.381. The normalized spacial score (nSPS) is 13.6. The molecule has 0 spiro atoms. The Bertz CT molecular complexity index is 982. The Labute approximate surface area is 171 Å². The number of carbonyl (C=O) groups is 1. The van der Waals surface area contributed by atoms with E-state index in [1.807, 2.05) is 13.0 Å². The predicted octanol–water partition coefficient (Wildman–Crippen LogP) is 3.45. The van der Waals surface area contributed by atoms with Crippen LogP contribution in [0.2, 0.25) is 0 Å². The maximum atomic E-state index is 12.7. The topological polar surface area (TPSA) is 84.9 Å². The maximum absolute atomic E-state index is 12.7. The fourth-order valence-corrected chi connectivity index (χ4v) is 5.06. The molecule has 0 fully saturated rings. The van der Waals surface area contributed by atoms with Crippen LogP contribution in [0.25, 0.3) is 0 Å². The first kappa shape index (κ1) is 21.0. The number of nitrogens with one attached hydrogen (secondary N) is 1. The Kier molecular flexibility index (Phi) is 6.32. The summed E-state index contributed by atoms with van der Waals surface area (Å²) in [5.74, 6) is 0.879. The average Bonchev–Trinajstić information content (AvgIpc) is 2.72. The van der Waals surface area contributed by atoms with Crippen LogP contribution in [-0.4, -0.2) is 40.8 Å². The molecule has 0 saturated carbocycles. The lowest BCUT2D eigenvalue weighted by Gasteiger charge is -2.30. The molecule has 1 aliphatic rings. The molecule has 2 aromatic carbocycles. The zero-order valence-electron chi connectivity index (χ0n) is 16.9. The van der Waals surface area contributed by atoms with Crippen molar-refractivity contribution in [1.29, 1.82) is 0 Å². The SMILES string of the molecule is CCCS(=O)(=O)N1CCCc2cc(NC(=O)c3cc(OC)cc(OC)c3)ccc21. The van der Waals surface area contributed by atoms with Crippen molar-refractivity contribution in [3.63, 3.8) is 0 Å². The van der Waals surface area contributed by atoms with Crippen molar-refractivity contribution in [2.24, 2.45) is 0 Å². The Morgan fingerprint density at radius 1 is 1.10 bits per heavy atom. The van der Waals surface area contributed by atoms with Crippen LogP contribution in [0.15, 0.2) is 36.4 Å². The molecule has 1 amide bonds. The minimum atomic E-state index is -3.32. The summed E-state index contributed by atoms with van der Waals surface area (Å²) >= 11 is 0. The zero-order valence-corrected chi connectivity index (χ0v) is 17.7. The number of sulfonamides is 1. The molecule has 0 unspecified atom stereocenters. The number of carbonyl (C=O) groups excluding carboxylic acids is 1. The molecular weight excluding hydrogens is 392 g/mol. The van der Waals surface area contributed by atoms with Crippen LogP contribution in [0.1, 0.15) is 35.7 Å². The van der Waals surface area contributed by atoms with Gasteiger partial charge in [0, 0.05) is 23.9 Å². The highest BCUT2D eigenvalue weighted by molar-refractivity contribution is 7.92. The summed E-state index contributed by atoms with van der Waals surface area (Å²) in [6.45, 7) is 2.35. The Morgan fingerprint density at radius 3 is 2.41 bits per heavy atom. The van der Waals surface area contributed by atoms with Gasteiger partial charge >= 0.3 is 0 Å². The van der Waals surface area contributed by atoms with E-state index >= 15 is 0 Å². The van der Waals surface area contributed by atoms with Gasteiger partial charge in [-0.15, -0.1) is 0 Å². The van der Waals surface area contributed by atoms with Crippen LogP contribution >= 0.6 is 0 Å². The monoisotopic (exact) mass is 418 g/mol. The summed E-state index contributed by atoms with van der Waals surface area (Å²) in [4.78, 5) is 12.7. The predicted molar refractivity (Wildman–Crippen MR) is 114 cm³/mol. The van der Waals surface area contributed by atoms with E-state index in [0.29, 0.717) is 41.4 Å². The van der Waals surface area contributed by atoms with Crippen molar-refractivity contribution in [2.75, 3.05) is 36.1 Å². The molecule has 0 bridgehead atoms. The van der Waals surface area contributed by atoms with Gasteiger partial charge in [-0.1, -0.05) is 6.92 Å². The van der Waals surface area contributed by atoms with Gasteiger partial charge in [0.1, 0.15) is 11.5 Å². The van der Waals surface area contributed by atoms with Gasteiger partial charge in [0.2, 0.25) is 10.0 Å². The highest BCUT2D eigenvalue weighted by Crippen LogP contribution is 2.32. The van der Waals surface area contributed by atoms with Gasteiger partial charge in [0.25, 0.3) is 5.91 Å². The van der Waals surface area contributed by atoms with Crippen LogP contribution in [0.4, 0.5) is 11.4 Å². The number of nitrogens with zero attached hydrogens (tertiary/aromatic N) is 1. The van der Waals surface area contributed by atoms with E-state index in [1.54, 1.807) is 30.3 Å². The number of hydrogen-bond donors (Lipinski definition) is 1.